The van der Waals surface area contributed by atoms with Gasteiger partial charge in [-0.15, -0.1) is 0 Å². The molecule has 1 aromatic rings. The Hall–Kier alpha value is 0.460. The van der Waals surface area contributed by atoms with Crippen LogP contribution in [0, 0.1) is 0 Å². The highest BCUT2D eigenvalue weighted by Gasteiger charge is 2.31. The predicted octanol–water partition coefficient (Wildman–Crippen LogP) is 4.62. The lowest BCUT2D eigenvalue weighted by Gasteiger charge is -2.34. The fraction of sp³-hybridized carbons (Fsp3) is 0.538. The summed E-state index contributed by atoms with van der Waals surface area (Å²) < 4.78 is 0. The summed E-state index contributed by atoms with van der Waals surface area (Å²) in [6, 6.07) is 5.50. The van der Waals surface area contributed by atoms with Gasteiger partial charge in [0, 0.05) is 38.1 Å². The molecule has 1 aliphatic rings. The van der Waals surface area contributed by atoms with E-state index >= 15 is 0 Å². The molecule has 0 radical (unpaired) electrons. The van der Waals surface area contributed by atoms with Crippen molar-refractivity contribution in [3.05, 3.63) is 33.8 Å². The van der Waals surface area contributed by atoms with Gasteiger partial charge in [0.1, 0.15) is 0 Å². The van der Waals surface area contributed by atoms with E-state index in [1.165, 1.54) is 5.75 Å². The minimum atomic E-state index is -0.0426. The minimum absolute atomic E-state index is 0.0426. The first-order chi connectivity index (χ1) is 8.63. The number of hydrogen-bond acceptors (Lipinski definition) is 3. The third-order valence-corrected chi connectivity index (χ3v) is 7.12. The Morgan fingerprint density at radius 3 is 2.78 bits per heavy atom. The monoisotopic (exact) mass is 321 g/mol. The third kappa shape index (κ3) is 3.31. The second kappa shape index (κ2) is 6.76. The molecule has 1 fully saturated rings. The summed E-state index contributed by atoms with van der Waals surface area (Å²) in [5.74, 6) is 2.38. The van der Waals surface area contributed by atoms with Crippen LogP contribution in [-0.2, 0) is 0 Å². The van der Waals surface area contributed by atoms with Crippen molar-refractivity contribution in [1.82, 2.24) is 0 Å². The van der Waals surface area contributed by atoms with Crippen LogP contribution >= 0.6 is 46.7 Å². The van der Waals surface area contributed by atoms with E-state index in [0.29, 0.717) is 15.5 Å². The first-order valence-electron chi connectivity index (χ1n) is 6.07. The smallest absolute Gasteiger partial charge is 0.0455 e. The summed E-state index contributed by atoms with van der Waals surface area (Å²) in [5.41, 5.74) is 7.40. The van der Waals surface area contributed by atoms with Crippen LogP contribution in [-0.4, -0.2) is 22.0 Å². The zero-order valence-electron chi connectivity index (χ0n) is 10.2. The Balaban J connectivity index is 2.23. The van der Waals surface area contributed by atoms with Crippen LogP contribution in [0.15, 0.2) is 18.2 Å². The zero-order chi connectivity index (χ0) is 13.1. The van der Waals surface area contributed by atoms with E-state index in [1.807, 2.05) is 35.7 Å². The van der Waals surface area contributed by atoms with E-state index in [4.69, 9.17) is 28.9 Å². The number of hydrogen-bond donors (Lipinski definition) is 1. The van der Waals surface area contributed by atoms with Crippen LogP contribution in [0.1, 0.15) is 24.9 Å². The van der Waals surface area contributed by atoms with Gasteiger partial charge < -0.3 is 5.73 Å². The third-order valence-electron chi connectivity index (χ3n) is 3.17. The molecule has 100 valence electrons. The van der Waals surface area contributed by atoms with Crippen molar-refractivity contribution in [2.24, 2.45) is 5.73 Å². The zero-order valence-corrected chi connectivity index (χ0v) is 13.4. The summed E-state index contributed by atoms with van der Waals surface area (Å²) in [6.07, 6.45) is 1.15. The van der Waals surface area contributed by atoms with Gasteiger partial charge in [-0.3, -0.25) is 0 Å². The summed E-state index contributed by atoms with van der Waals surface area (Å²) in [4.78, 5) is 0. The SMILES string of the molecule is CCC1SCCSC1C(N)c1cc(Cl)ccc1Cl. The summed E-state index contributed by atoms with van der Waals surface area (Å²) in [6.45, 7) is 2.23. The molecule has 1 aliphatic heterocycles. The van der Waals surface area contributed by atoms with Crippen molar-refractivity contribution >= 4 is 46.7 Å². The van der Waals surface area contributed by atoms with Crippen LogP contribution in [0.25, 0.3) is 0 Å². The van der Waals surface area contributed by atoms with E-state index in [9.17, 15) is 0 Å². The van der Waals surface area contributed by atoms with Crippen molar-refractivity contribution in [1.29, 1.82) is 0 Å². The molecule has 0 aromatic heterocycles. The Morgan fingerprint density at radius 2 is 2.06 bits per heavy atom. The second-order valence-corrected chi connectivity index (χ2v) is 7.82. The second-order valence-electron chi connectivity index (χ2n) is 4.34. The molecule has 2 N–H and O–H groups in total. The number of halogens is 2. The maximum Gasteiger partial charge on any atom is 0.0455 e. The van der Waals surface area contributed by atoms with Crippen LogP contribution in [0.4, 0.5) is 0 Å². The molecule has 0 spiro atoms. The van der Waals surface area contributed by atoms with Crippen molar-refractivity contribution in [3.8, 4) is 0 Å². The molecule has 1 heterocycles. The summed E-state index contributed by atoms with van der Waals surface area (Å²) >= 11 is 16.3. The van der Waals surface area contributed by atoms with Crippen molar-refractivity contribution in [2.75, 3.05) is 11.5 Å². The van der Waals surface area contributed by atoms with E-state index in [-0.39, 0.29) is 6.04 Å². The molecule has 2 rings (SSSR count). The van der Waals surface area contributed by atoms with Crippen LogP contribution < -0.4 is 5.73 Å². The largest absolute Gasteiger partial charge is 0.323 e. The number of rotatable bonds is 3. The molecule has 1 nitrogen and oxygen atoms in total. The highest BCUT2D eigenvalue weighted by molar-refractivity contribution is 8.07. The van der Waals surface area contributed by atoms with Gasteiger partial charge >= 0.3 is 0 Å². The first kappa shape index (κ1) is 14.9. The lowest BCUT2D eigenvalue weighted by Crippen LogP contribution is -2.35. The van der Waals surface area contributed by atoms with Crippen LogP contribution in [0.5, 0.6) is 0 Å². The van der Waals surface area contributed by atoms with Gasteiger partial charge in [-0.25, -0.2) is 0 Å². The first-order valence-corrected chi connectivity index (χ1v) is 8.92. The molecule has 0 saturated carbocycles. The Morgan fingerprint density at radius 1 is 1.33 bits per heavy atom. The summed E-state index contributed by atoms with van der Waals surface area (Å²) in [5, 5.41) is 2.45. The molecule has 1 aromatic carbocycles. The maximum absolute atomic E-state index is 6.43. The lowest BCUT2D eigenvalue weighted by molar-refractivity contribution is 0.630. The van der Waals surface area contributed by atoms with Crippen LogP contribution in [0.3, 0.4) is 0 Å². The fourth-order valence-electron chi connectivity index (χ4n) is 2.22. The average molecular weight is 322 g/mol. The molecular formula is C13H17Cl2NS2. The number of thioether (sulfide) groups is 2. The Kier molecular flexibility index (Phi) is 5.58. The molecule has 3 unspecified atom stereocenters. The maximum atomic E-state index is 6.43. The normalized spacial score (nSPS) is 26.0. The van der Waals surface area contributed by atoms with Crippen molar-refractivity contribution in [2.45, 2.75) is 29.9 Å². The van der Waals surface area contributed by atoms with Gasteiger partial charge in [-0.05, 0) is 30.2 Å². The van der Waals surface area contributed by atoms with Gasteiger partial charge in [-0.2, -0.15) is 23.5 Å². The summed E-state index contributed by atoms with van der Waals surface area (Å²) in [7, 11) is 0. The van der Waals surface area contributed by atoms with Crippen molar-refractivity contribution < 1.29 is 0 Å². The molecular weight excluding hydrogens is 305 g/mol. The molecule has 1 saturated heterocycles. The predicted molar refractivity (Wildman–Crippen MR) is 86.2 cm³/mol. The van der Waals surface area contributed by atoms with Gasteiger partial charge in [0.2, 0.25) is 0 Å². The Bertz CT molecular complexity index is 414. The van der Waals surface area contributed by atoms with E-state index in [0.717, 1.165) is 22.8 Å². The van der Waals surface area contributed by atoms with Crippen molar-refractivity contribution in [3.63, 3.8) is 0 Å². The van der Waals surface area contributed by atoms with Gasteiger partial charge in [0.25, 0.3) is 0 Å². The molecule has 0 bridgehead atoms. The molecule has 5 heteroatoms. The molecule has 0 aliphatic carbocycles. The standard InChI is InChI=1S/C13H17Cl2NS2/c1-2-11-13(18-6-5-17-11)12(16)9-7-8(14)3-4-10(9)15/h3-4,7,11-13H,2,5-6,16H2,1H3. The minimum Gasteiger partial charge on any atom is -0.323 e. The van der Waals surface area contributed by atoms with Gasteiger partial charge in [-0.1, -0.05) is 30.1 Å². The highest BCUT2D eigenvalue weighted by atomic mass is 35.5. The Labute approximate surface area is 127 Å². The number of benzene rings is 1. The van der Waals surface area contributed by atoms with E-state index in [1.54, 1.807) is 6.07 Å². The fourth-order valence-corrected chi connectivity index (χ4v) is 5.81. The average Bonchev–Trinajstić information content (AvgIpc) is 2.40. The number of nitrogens with two attached hydrogens (primary N) is 1. The molecule has 18 heavy (non-hydrogen) atoms. The molecule has 0 amide bonds. The van der Waals surface area contributed by atoms with E-state index in [2.05, 4.69) is 6.92 Å². The lowest BCUT2D eigenvalue weighted by atomic mass is 10.0. The van der Waals surface area contributed by atoms with E-state index < -0.39 is 0 Å². The topological polar surface area (TPSA) is 26.0 Å². The quantitative estimate of drug-likeness (QED) is 0.879. The van der Waals surface area contributed by atoms with Gasteiger partial charge in [0.15, 0.2) is 0 Å². The highest BCUT2D eigenvalue weighted by Crippen LogP contribution is 2.41. The molecule has 3 atom stereocenters. The van der Waals surface area contributed by atoms with Gasteiger partial charge in [0.05, 0.1) is 0 Å². The van der Waals surface area contributed by atoms with Crippen LogP contribution in [0.2, 0.25) is 10.0 Å².